The van der Waals surface area contributed by atoms with Crippen molar-refractivity contribution in [2.45, 2.75) is 96.8 Å². The minimum absolute atomic E-state index is 0.0817. The van der Waals surface area contributed by atoms with Gasteiger partial charge in [0.1, 0.15) is 0 Å². The van der Waals surface area contributed by atoms with Crippen LogP contribution in [-0.2, 0) is 11.8 Å². The standard InChI is InChI=1S/C53H58N2/c1-5-9-11-19-37-53(38-20-12-10-6-2)51-39-47(54(43-21-15-13-16-22-43)45-29-25-41(7-3)26-30-45)33-35-49(51)50-36-34-48(40-52(50)53)55(44-23-17-14-18-24-44)46-31-27-42(8-4)28-32-46/h7,13-18,21-36,39-40H,3,5-6,8-12,19-20,37-38H2,1-2,4H3. The van der Waals surface area contributed by atoms with Crippen LogP contribution in [0.15, 0.2) is 152 Å². The lowest BCUT2D eigenvalue weighted by atomic mass is 9.70. The summed E-state index contributed by atoms with van der Waals surface area (Å²) < 4.78 is 0. The fourth-order valence-corrected chi connectivity index (χ4v) is 8.81. The van der Waals surface area contributed by atoms with Crippen molar-refractivity contribution >= 4 is 40.2 Å². The molecule has 280 valence electrons. The molecule has 0 fully saturated rings. The van der Waals surface area contributed by atoms with E-state index in [9.17, 15) is 0 Å². The van der Waals surface area contributed by atoms with Gasteiger partial charge in [-0.25, -0.2) is 0 Å². The number of hydrogen-bond donors (Lipinski definition) is 0. The summed E-state index contributed by atoms with van der Waals surface area (Å²) in [4.78, 5) is 4.88. The number of fused-ring (bicyclic) bond motifs is 3. The van der Waals surface area contributed by atoms with Gasteiger partial charge < -0.3 is 9.80 Å². The second-order valence-corrected chi connectivity index (χ2v) is 15.3. The molecular formula is C53H58N2. The van der Waals surface area contributed by atoms with Crippen molar-refractivity contribution in [3.63, 3.8) is 0 Å². The first-order valence-electron chi connectivity index (χ1n) is 20.9. The van der Waals surface area contributed by atoms with Crippen molar-refractivity contribution < 1.29 is 0 Å². The molecule has 0 atom stereocenters. The van der Waals surface area contributed by atoms with Crippen LogP contribution < -0.4 is 9.80 Å². The molecule has 1 aliphatic carbocycles. The van der Waals surface area contributed by atoms with Gasteiger partial charge in [0.25, 0.3) is 0 Å². The molecule has 2 heteroatoms. The molecule has 55 heavy (non-hydrogen) atoms. The molecule has 0 unspecified atom stereocenters. The average molecular weight is 723 g/mol. The van der Waals surface area contributed by atoms with E-state index in [1.54, 1.807) is 0 Å². The molecule has 0 aromatic heterocycles. The van der Waals surface area contributed by atoms with Crippen LogP contribution in [0.3, 0.4) is 0 Å². The van der Waals surface area contributed by atoms with Gasteiger partial charge in [-0.3, -0.25) is 0 Å². The van der Waals surface area contributed by atoms with Gasteiger partial charge in [0.05, 0.1) is 0 Å². The zero-order valence-corrected chi connectivity index (χ0v) is 33.3. The van der Waals surface area contributed by atoms with E-state index in [1.165, 1.54) is 102 Å². The maximum Gasteiger partial charge on any atom is 0.0465 e. The number of benzene rings is 6. The Morgan fingerprint density at radius 3 is 1.29 bits per heavy atom. The lowest BCUT2D eigenvalue weighted by molar-refractivity contribution is 0.401. The monoisotopic (exact) mass is 722 g/mol. The van der Waals surface area contributed by atoms with Crippen molar-refractivity contribution in [1.82, 2.24) is 0 Å². The number of aryl methyl sites for hydroxylation is 1. The van der Waals surface area contributed by atoms with Crippen LogP contribution in [0.5, 0.6) is 0 Å². The predicted molar refractivity (Wildman–Crippen MR) is 239 cm³/mol. The normalized spacial score (nSPS) is 12.6. The zero-order valence-electron chi connectivity index (χ0n) is 33.3. The first kappa shape index (κ1) is 38.0. The van der Waals surface area contributed by atoms with E-state index in [1.807, 2.05) is 6.08 Å². The second kappa shape index (κ2) is 17.9. The maximum atomic E-state index is 4.01. The van der Waals surface area contributed by atoms with Gasteiger partial charge in [-0.2, -0.15) is 0 Å². The molecule has 1 aliphatic rings. The van der Waals surface area contributed by atoms with Crippen LogP contribution >= 0.6 is 0 Å². The molecule has 0 heterocycles. The van der Waals surface area contributed by atoms with Crippen LogP contribution in [0.25, 0.3) is 17.2 Å². The highest BCUT2D eigenvalue weighted by Gasteiger charge is 2.43. The van der Waals surface area contributed by atoms with Crippen LogP contribution in [-0.4, -0.2) is 0 Å². The number of para-hydroxylation sites is 2. The van der Waals surface area contributed by atoms with Gasteiger partial charge in [0.2, 0.25) is 0 Å². The Hall–Kier alpha value is -5.34. The largest absolute Gasteiger partial charge is 0.310 e. The summed E-state index contributed by atoms with van der Waals surface area (Å²) >= 11 is 0. The Morgan fingerprint density at radius 1 is 0.455 bits per heavy atom. The third-order valence-corrected chi connectivity index (χ3v) is 11.8. The van der Waals surface area contributed by atoms with Gasteiger partial charge in [0.15, 0.2) is 0 Å². The van der Waals surface area contributed by atoms with Gasteiger partial charge in [-0.15, -0.1) is 0 Å². The van der Waals surface area contributed by atoms with Crippen LogP contribution in [0.1, 0.15) is 107 Å². The Bertz CT molecular complexity index is 2120. The molecule has 0 saturated carbocycles. The first-order valence-corrected chi connectivity index (χ1v) is 20.9. The summed E-state index contributed by atoms with van der Waals surface area (Å²) in [6, 6.07) is 54.4. The highest BCUT2D eigenvalue weighted by atomic mass is 15.1. The van der Waals surface area contributed by atoms with Crippen molar-refractivity contribution in [3.05, 3.63) is 174 Å². The molecule has 6 aromatic rings. The second-order valence-electron chi connectivity index (χ2n) is 15.3. The number of unbranched alkanes of at least 4 members (excludes halogenated alkanes) is 6. The van der Waals surface area contributed by atoms with Gasteiger partial charge in [-0.1, -0.05) is 158 Å². The summed E-state index contributed by atoms with van der Waals surface area (Å²) in [5.74, 6) is 0. The smallest absolute Gasteiger partial charge is 0.0465 e. The lowest BCUT2D eigenvalue weighted by Gasteiger charge is -2.35. The SMILES string of the molecule is C=Cc1ccc(N(c2ccccc2)c2ccc3c(c2)C(CCCCCC)(CCCCCC)c2cc(N(c4ccccc4)c4ccc(CC)cc4)ccc2-3)cc1. The molecular weight excluding hydrogens is 665 g/mol. The van der Waals surface area contributed by atoms with E-state index in [-0.39, 0.29) is 5.41 Å². The Morgan fingerprint density at radius 2 is 0.873 bits per heavy atom. The highest BCUT2D eigenvalue weighted by Crippen LogP contribution is 2.57. The Balaban J connectivity index is 1.41. The van der Waals surface area contributed by atoms with Crippen molar-refractivity contribution in [2.24, 2.45) is 0 Å². The first-order chi connectivity index (χ1) is 27.1. The number of nitrogens with zero attached hydrogens (tertiary/aromatic N) is 2. The molecule has 7 rings (SSSR count). The van der Waals surface area contributed by atoms with E-state index >= 15 is 0 Å². The minimum atomic E-state index is -0.0817. The maximum absolute atomic E-state index is 4.01. The van der Waals surface area contributed by atoms with Gasteiger partial charge in [0, 0.05) is 39.5 Å². The summed E-state index contributed by atoms with van der Waals surface area (Å²) in [5, 5.41) is 0. The van der Waals surface area contributed by atoms with E-state index in [2.05, 4.69) is 183 Å². The molecule has 0 radical (unpaired) electrons. The summed E-state index contributed by atoms with van der Waals surface area (Å²) in [7, 11) is 0. The topological polar surface area (TPSA) is 6.48 Å². The van der Waals surface area contributed by atoms with Crippen LogP contribution in [0, 0.1) is 0 Å². The molecule has 0 saturated heterocycles. The molecule has 0 bridgehead atoms. The molecule has 0 amide bonds. The van der Waals surface area contributed by atoms with Crippen molar-refractivity contribution in [2.75, 3.05) is 9.80 Å². The fourth-order valence-electron chi connectivity index (χ4n) is 8.81. The molecule has 0 spiro atoms. The quantitative estimate of drug-likeness (QED) is 0.0815. The predicted octanol–water partition coefficient (Wildman–Crippen LogP) is 16.0. The van der Waals surface area contributed by atoms with E-state index in [0.29, 0.717) is 0 Å². The number of anilines is 6. The van der Waals surface area contributed by atoms with Gasteiger partial charge >= 0.3 is 0 Å². The van der Waals surface area contributed by atoms with Crippen LogP contribution in [0.2, 0.25) is 0 Å². The molecule has 2 nitrogen and oxygen atoms in total. The van der Waals surface area contributed by atoms with Crippen molar-refractivity contribution in [1.29, 1.82) is 0 Å². The third-order valence-electron chi connectivity index (χ3n) is 11.8. The fraction of sp³-hybridized carbons (Fsp3) is 0.283. The van der Waals surface area contributed by atoms with Crippen molar-refractivity contribution in [3.8, 4) is 11.1 Å². The molecule has 0 aliphatic heterocycles. The zero-order chi connectivity index (χ0) is 38.0. The number of hydrogen-bond acceptors (Lipinski definition) is 2. The third kappa shape index (κ3) is 8.06. The summed E-state index contributed by atoms with van der Waals surface area (Å²) in [6.45, 7) is 10.9. The Kier molecular flexibility index (Phi) is 12.3. The molecule has 6 aromatic carbocycles. The van der Waals surface area contributed by atoms with Crippen LogP contribution in [0.4, 0.5) is 34.1 Å². The lowest BCUT2D eigenvalue weighted by Crippen LogP contribution is -2.26. The molecule has 0 N–H and O–H groups in total. The summed E-state index contributed by atoms with van der Waals surface area (Å²) in [6.07, 6.45) is 15.3. The van der Waals surface area contributed by atoms with E-state index in [0.717, 1.165) is 36.2 Å². The van der Waals surface area contributed by atoms with E-state index in [4.69, 9.17) is 0 Å². The average Bonchev–Trinajstić information content (AvgIpc) is 3.50. The Labute approximate surface area is 331 Å². The number of rotatable bonds is 18. The summed E-state index contributed by atoms with van der Waals surface area (Å²) in [5.41, 5.74) is 15.3. The highest BCUT2D eigenvalue weighted by molar-refractivity contribution is 5.88. The van der Waals surface area contributed by atoms with E-state index < -0.39 is 0 Å². The van der Waals surface area contributed by atoms with Gasteiger partial charge in [-0.05, 0) is 125 Å². The minimum Gasteiger partial charge on any atom is -0.310 e.